The molecule has 0 aliphatic carbocycles. The lowest BCUT2D eigenvalue weighted by Gasteiger charge is -2.34. The van der Waals surface area contributed by atoms with E-state index in [1.807, 2.05) is 30.5 Å². The molecule has 130 valence electrons. The molecule has 0 radical (unpaired) electrons. The summed E-state index contributed by atoms with van der Waals surface area (Å²) in [4.78, 5) is 15.2. The molecule has 1 atom stereocenters. The number of hydrogen-bond acceptors (Lipinski definition) is 6. The van der Waals surface area contributed by atoms with Gasteiger partial charge in [0.05, 0.1) is 6.61 Å². The van der Waals surface area contributed by atoms with Gasteiger partial charge in [-0.2, -0.15) is 14.6 Å². The molecule has 1 fully saturated rings. The predicted octanol–water partition coefficient (Wildman–Crippen LogP) is 2.43. The second-order valence-corrected chi connectivity index (χ2v) is 6.63. The standard InChI is InChI=1S/C18H22N6O/c1-13-8-16(5-6-19-13)25-11-15-4-3-7-23(10-15)17-9-14(2)22-18-20-12-21-24(17)18/h5-6,8-9,12,15H,3-4,7,10-11H2,1-2H3. The molecule has 1 unspecified atom stereocenters. The molecule has 7 nitrogen and oxygen atoms in total. The van der Waals surface area contributed by atoms with Gasteiger partial charge in [-0.25, -0.2) is 4.98 Å². The first-order chi connectivity index (χ1) is 12.2. The van der Waals surface area contributed by atoms with Crippen LogP contribution in [0.15, 0.2) is 30.7 Å². The third-order valence-electron chi connectivity index (χ3n) is 4.56. The van der Waals surface area contributed by atoms with Crippen molar-refractivity contribution in [2.24, 2.45) is 5.92 Å². The summed E-state index contributed by atoms with van der Waals surface area (Å²) < 4.78 is 7.81. The summed E-state index contributed by atoms with van der Waals surface area (Å²) in [6, 6.07) is 5.97. The Morgan fingerprint density at radius 1 is 1.20 bits per heavy atom. The third kappa shape index (κ3) is 3.40. The first-order valence-corrected chi connectivity index (χ1v) is 8.67. The summed E-state index contributed by atoms with van der Waals surface area (Å²) in [6.45, 7) is 6.65. The van der Waals surface area contributed by atoms with Crippen molar-refractivity contribution in [3.05, 3.63) is 42.1 Å². The van der Waals surface area contributed by atoms with Gasteiger partial charge in [-0.15, -0.1) is 0 Å². The normalized spacial score (nSPS) is 17.8. The topological polar surface area (TPSA) is 68.4 Å². The average Bonchev–Trinajstić information content (AvgIpc) is 3.08. The van der Waals surface area contributed by atoms with Gasteiger partial charge in [-0.3, -0.25) is 4.98 Å². The highest BCUT2D eigenvalue weighted by Gasteiger charge is 2.23. The molecule has 3 aromatic rings. The Labute approximate surface area is 146 Å². The smallest absolute Gasteiger partial charge is 0.254 e. The maximum atomic E-state index is 5.99. The van der Waals surface area contributed by atoms with Crippen LogP contribution in [0.5, 0.6) is 5.75 Å². The van der Waals surface area contributed by atoms with Crippen molar-refractivity contribution in [1.82, 2.24) is 24.6 Å². The summed E-state index contributed by atoms with van der Waals surface area (Å²) in [5.74, 6) is 3.09. The van der Waals surface area contributed by atoms with Crippen LogP contribution in [0.2, 0.25) is 0 Å². The summed E-state index contributed by atoms with van der Waals surface area (Å²) >= 11 is 0. The lowest BCUT2D eigenvalue weighted by molar-refractivity contribution is 0.228. The molecule has 0 N–H and O–H groups in total. The van der Waals surface area contributed by atoms with E-state index in [0.29, 0.717) is 18.3 Å². The Morgan fingerprint density at radius 3 is 3.00 bits per heavy atom. The minimum absolute atomic E-state index is 0.481. The number of rotatable bonds is 4. The van der Waals surface area contributed by atoms with Crippen LogP contribution in [0, 0.1) is 19.8 Å². The molecule has 7 heteroatoms. The molecular formula is C18H22N6O. The van der Waals surface area contributed by atoms with Gasteiger partial charge in [-0.1, -0.05) is 0 Å². The molecule has 1 aliphatic rings. The summed E-state index contributed by atoms with van der Waals surface area (Å²) in [5, 5.41) is 4.33. The monoisotopic (exact) mass is 338 g/mol. The Morgan fingerprint density at radius 2 is 2.12 bits per heavy atom. The van der Waals surface area contributed by atoms with Gasteiger partial charge in [0.15, 0.2) is 0 Å². The van der Waals surface area contributed by atoms with E-state index in [1.165, 1.54) is 6.42 Å². The molecule has 1 aliphatic heterocycles. The van der Waals surface area contributed by atoms with Crippen LogP contribution < -0.4 is 9.64 Å². The Balaban J connectivity index is 1.48. The van der Waals surface area contributed by atoms with E-state index in [1.54, 1.807) is 12.5 Å². The van der Waals surface area contributed by atoms with Crippen molar-refractivity contribution >= 4 is 11.6 Å². The number of anilines is 1. The first-order valence-electron chi connectivity index (χ1n) is 8.67. The number of piperidine rings is 1. The van der Waals surface area contributed by atoms with Crippen LogP contribution in [0.25, 0.3) is 5.78 Å². The second kappa shape index (κ2) is 6.66. The molecular weight excluding hydrogens is 316 g/mol. The molecule has 4 heterocycles. The zero-order valence-corrected chi connectivity index (χ0v) is 14.6. The van der Waals surface area contributed by atoms with Gasteiger partial charge in [0, 0.05) is 48.7 Å². The van der Waals surface area contributed by atoms with Gasteiger partial charge >= 0.3 is 0 Å². The average molecular weight is 338 g/mol. The highest BCUT2D eigenvalue weighted by molar-refractivity contribution is 5.47. The fourth-order valence-corrected chi connectivity index (χ4v) is 3.37. The quantitative estimate of drug-likeness (QED) is 0.728. The van der Waals surface area contributed by atoms with Crippen molar-refractivity contribution in [2.75, 3.05) is 24.6 Å². The Hall–Kier alpha value is -2.70. The second-order valence-electron chi connectivity index (χ2n) is 6.63. The van der Waals surface area contributed by atoms with Crippen molar-refractivity contribution in [1.29, 1.82) is 0 Å². The van der Waals surface area contributed by atoms with Gasteiger partial charge in [0.2, 0.25) is 0 Å². The van der Waals surface area contributed by atoms with Crippen molar-refractivity contribution in [3.63, 3.8) is 0 Å². The molecule has 0 bridgehead atoms. The lowest BCUT2D eigenvalue weighted by Crippen LogP contribution is -2.39. The van der Waals surface area contributed by atoms with Crippen LogP contribution in [0.3, 0.4) is 0 Å². The number of aryl methyl sites for hydroxylation is 2. The van der Waals surface area contributed by atoms with E-state index < -0.39 is 0 Å². The van der Waals surface area contributed by atoms with Crippen LogP contribution >= 0.6 is 0 Å². The number of ether oxygens (including phenoxy) is 1. The highest BCUT2D eigenvalue weighted by atomic mass is 16.5. The van der Waals surface area contributed by atoms with E-state index in [2.05, 4.69) is 31.0 Å². The number of hydrogen-bond donors (Lipinski definition) is 0. The maximum absolute atomic E-state index is 5.99. The molecule has 1 saturated heterocycles. The minimum Gasteiger partial charge on any atom is -0.493 e. The molecule has 0 amide bonds. The number of pyridine rings is 1. The van der Waals surface area contributed by atoms with Gasteiger partial charge in [0.1, 0.15) is 17.9 Å². The minimum atomic E-state index is 0.481. The van der Waals surface area contributed by atoms with Crippen LogP contribution in [0.4, 0.5) is 5.82 Å². The van der Waals surface area contributed by atoms with Crippen molar-refractivity contribution < 1.29 is 4.74 Å². The fraction of sp³-hybridized carbons (Fsp3) is 0.444. The Bertz CT molecular complexity index is 877. The Kier molecular flexibility index (Phi) is 4.21. The molecule has 0 aromatic carbocycles. The van der Waals surface area contributed by atoms with Gasteiger partial charge < -0.3 is 9.64 Å². The number of fused-ring (bicyclic) bond motifs is 1. The summed E-state index contributed by atoms with van der Waals surface area (Å²) in [7, 11) is 0. The van der Waals surface area contributed by atoms with Crippen LogP contribution in [-0.4, -0.2) is 44.3 Å². The van der Waals surface area contributed by atoms with E-state index >= 15 is 0 Å². The number of aromatic nitrogens is 5. The molecule has 3 aromatic heterocycles. The van der Waals surface area contributed by atoms with Crippen LogP contribution in [-0.2, 0) is 0 Å². The number of nitrogens with zero attached hydrogens (tertiary/aromatic N) is 6. The summed E-state index contributed by atoms with van der Waals surface area (Å²) in [5.41, 5.74) is 1.93. The molecule has 0 saturated carbocycles. The van der Waals surface area contributed by atoms with Crippen molar-refractivity contribution in [2.45, 2.75) is 26.7 Å². The van der Waals surface area contributed by atoms with Gasteiger partial charge in [-0.05, 0) is 32.8 Å². The van der Waals surface area contributed by atoms with E-state index in [0.717, 1.165) is 42.5 Å². The van der Waals surface area contributed by atoms with Crippen molar-refractivity contribution in [3.8, 4) is 5.75 Å². The maximum Gasteiger partial charge on any atom is 0.254 e. The largest absolute Gasteiger partial charge is 0.493 e. The molecule has 4 rings (SSSR count). The van der Waals surface area contributed by atoms with Crippen LogP contribution in [0.1, 0.15) is 24.2 Å². The highest BCUT2D eigenvalue weighted by Crippen LogP contribution is 2.24. The van der Waals surface area contributed by atoms with E-state index in [-0.39, 0.29) is 0 Å². The lowest BCUT2D eigenvalue weighted by atomic mass is 9.99. The summed E-state index contributed by atoms with van der Waals surface area (Å²) in [6.07, 6.45) is 5.66. The predicted molar refractivity (Wildman–Crippen MR) is 94.9 cm³/mol. The SMILES string of the molecule is Cc1cc(OCC2CCCN(c3cc(C)nc4ncnn34)C2)ccn1. The first kappa shape index (κ1) is 15.8. The zero-order valence-electron chi connectivity index (χ0n) is 14.6. The molecule has 0 spiro atoms. The van der Waals surface area contributed by atoms with E-state index in [4.69, 9.17) is 4.74 Å². The fourth-order valence-electron chi connectivity index (χ4n) is 3.37. The van der Waals surface area contributed by atoms with E-state index in [9.17, 15) is 0 Å². The zero-order chi connectivity index (χ0) is 17.2. The molecule has 25 heavy (non-hydrogen) atoms. The third-order valence-corrected chi connectivity index (χ3v) is 4.56. The van der Waals surface area contributed by atoms with Gasteiger partial charge in [0.25, 0.3) is 5.78 Å².